The smallest absolute Gasteiger partial charge is 0.122 e. The van der Waals surface area contributed by atoms with E-state index in [1.807, 2.05) is 26.0 Å². The van der Waals surface area contributed by atoms with Crippen molar-refractivity contribution in [3.05, 3.63) is 23.7 Å². The number of likely N-dealkylation sites (tertiary alicyclic amines) is 1. The van der Waals surface area contributed by atoms with E-state index in [4.69, 9.17) is 10.2 Å². The summed E-state index contributed by atoms with van der Waals surface area (Å²) in [5.41, 5.74) is 6.02. The van der Waals surface area contributed by atoms with Crippen LogP contribution in [-0.2, 0) is 0 Å². The number of nitrogens with zero attached hydrogens (tertiary/aromatic N) is 1. The van der Waals surface area contributed by atoms with Gasteiger partial charge >= 0.3 is 0 Å². The van der Waals surface area contributed by atoms with Gasteiger partial charge in [-0.05, 0) is 32.4 Å². The minimum Gasteiger partial charge on any atom is -0.465 e. The van der Waals surface area contributed by atoms with Crippen LogP contribution in [0.1, 0.15) is 30.9 Å². The lowest BCUT2D eigenvalue weighted by Gasteiger charge is -2.28. The molecule has 0 amide bonds. The molecule has 1 aromatic heterocycles. The van der Waals surface area contributed by atoms with Crippen LogP contribution >= 0.6 is 0 Å². The Labute approximate surface area is 96.0 Å². The van der Waals surface area contributed by atoms with Crippen LogP contribution in [0.2, 0.25) is 0 Å². The van der Waals surface area contributed by atoms with Crippen molar-refractivity contribution < 1.29 is 9.52 Å². The van der Waals surface area contributed by atoms with E-state index in [2.05, 4.69) is 4.90 Å². The second kappa shape index (κ2) is 4.57. The van der Waals surface area contributed by atoms with Crippen molar-refractivity contribution in [3.63, 3.8) is 0 Å². The summed E-state index contributed by atoms with van der Waals surface area (Å²) in [6.45, 7) is 5.48. The molecule has 1 aliphatic heterocycles. The van der Waals surface area contributed by atoms with Crippen molar-refractivity contribution in [3.8, 4) is 0 Å². The summed E-state index contributed by atoms with van der Waals surface area (Å²) in [5, 5.41) is 9.57. The Hall–Kier alpha value is -0.840. The van der Waals surface area contributed by atoms with E-state index in [0.717, 1.165) is 24.5 Å². The molecule has 1 fully saturated rings. The molecule has 4 heteroatoms. The van der Waals surface area contributed by atoms with Gasteiger partial charge in [-0.25, -0.2) is 0 Å². The zero-order valence-corrected chi connectivity index (χ0v) is 9.89. The van der Waals surface area contributed by atoms with E-state index < -0.39 is 0 Å². The van der Waals surface area contributed by atoms with Crippen molar-refractivity contribution in [1.29, 1.82) is 0 Å². The molecule has 0 bridgehead atoms. The Morgan fingerprint density at radius 2 is 2.31 bits per heavy atom. The molecule has 3 N–H and O–H groups in total. The normalized spacial score (nSPS) is 25.9. The largest absolute Gasteiger partial charge is 0.465 e. The summed E-state index contributed by atoms with van der Waals surface area (Å²) >= 11 is 0. The first-order valence-corrected chi connectivity index (χ1v) is 5.82. The first-order chi connectivity index (χ1) is 7.58. The predicted octanol–water partition coefficient (Wildman–Crippen LogP) is 1.04. The molecule has 2 rings (SSSR count). The number of aryl methyl sites for hydroxylation is 1. The zero-order chi connectivity index (χ0) is 11.7. The van der Waals surface area contributed by atoms with Crippen LogP contribution in [0.3, 0.4) is 0 Å². The fraction of sp³-hybridized carbons (Fsp3) is 0.667. The highest BCUT2D eigenvalue weighted by Crippen LogP contribution is 2.28. The number of rotatable bonds is 3. The maximum Gasteiger partial charge on any atom is 0.122 e. The number of furan rings is 1. The molecule has 4 nitrogen and oxygen atoms in total. The van der Waals surface area contributed by atoms with Gasteiger partial charge in [0.25, 0.3) is 0 Å². The van der Waals surface area contributed by atoms with Crippen LogP contribution in [0.5, 0.6) is 0 Å². The predicted molar refractivity (Wildman–Crippen MR) is 62.0 cm³/mol. The van der Waals surface area contributed by atoms with E-state index in [9.17, 15) is 5.11 Å². The number of nitrogens with two attached hydrogens (primary N) is 1. The minimum atomic E-state index is -0.225. The molecule has 3 atom stereocenters. The molecular weight excluding hydrogens is 204 g/mol. The monoisotopic (exact) mass is 224 g/mol. The molecule has 0 saturated carbocycles. The summed E-state index contributed by atoms with van der Waals surface area (Å²) in [5.74, 6) is 1.81. The molecule has 2 heterocycles. The molecule has 0 aliphatic carbocycles. The van der Waals surface area contributed by atoms with Crippen LogP contribution in [0.15, 0.2) is 16.5 Å². The number of hydrogen-bond acceptors (Lipinski definition) is 4. The van der Waals surface area contributed by atoms with Crippen LogP contribution < -0.4 is 5.73 Å². The average molecular weight is 224 g/mol. The molecule has 1 aromatic rings. The van der Waals surface area contributed by atoms with Crippen LogP contribution in [0.4, 0.5) is 0 Å². The molecule has 3 unspecified atom stereocenters. The number of hydrogen-bond donors (Lipinski definition) is 2. The van der Waals surface area contributed by atoms with Crippen LogP contribution in [0, 0.1) is 6.92 Å². The highest BCUT2D eigenvalue weighted by molar-refractivity contribution is 5.12. The Morgan fingerprint density at radius 1 is 1.56 bits per heavy atom. The topological polar surface area (TPSA) is 62.6 Å². The maximum atomic E-state index is 9.57. The van der Waals surface area contributed by atoms with Gasteiger partial charge in [0.1, 0.15) is 11.5 Å². The quantitative estimate of drug-likeness (QED) is 0.805. The van der Waals surface area contributed by atoms with Gasteiger partial charge in [-0.1, -0.05) is 0 Å². The van der Waals surface area contributed by atoms with Gasteiger partial charge in [-0.15, -0.1) is 0 Å². The van der Waals surface area contributed by atoms with Gasteiger partial charge in [-0.2, -0.15) is 0 Å². The third-order valence-corrected chi connectivity index (χ3v) is 3.14. The van der Waals surface area contributed by atoms with E-state index in [1.165, 1.54) is 0 Å². The first kappa shape index (κ1) is 11.6. The van der Waals surface area contributed by atoms with Crippen molar-refractivity contribution >= 4 is 0 Å². The van der Waals surface area contributed by atoms with Gasteiger partial charge in [0.2, 0.25) is 0 Å². The third-order valence-electron chi connectivity index (χ3n) is 3.14. The molecule has 1 saturated heterocycles. The average Bonchev–Trinajstić information content (AvgIpc) is 2.76. The van der Waals surface area contributed by atoms with E-state index >= 15 is 0 Å². The Bertz CT molecular complexity index is 349. The molecule has 16 heavy (non-hydrogen) atoms. The summed E-state index contributed by atoms with van der Waals surface area (Å²) < 4.78 is 5.65. The van der Waals surface area contributed by atoms with Crippen molar-refractivity contribution in [1.82, 2.24) is 4.90 Å². The highest BCUT2D eigenvalue weighted by Gasteiger charge is 2.32. The standard InChI is InChI=1S/C12H20N2O2/c1-8-3-4-11(16-8)12(9(2)13)14-6-5-10(15)7-14/h3-4,9-10,12,15H,5-7,13H2,1-2H3. The number of β-amino-alcohol motifs (C(OH)–C–C–N with tert-alkyl or cyclic N) is 1. The van der Waals surface area contributed by atoms with Crippen LogP contribution in [0.25, 0.3) is 0 Å². The summed E-state index contributed by atoms with van der Waals surface area (Å²) in [6, 6.07) is 4.01. The first-order valence-electron chi connectivity index (χ1n) is 5.82. The van der Waals surface area contributed by atoms with Gasteiger partial charge < -0.3 is 15.3 Å². The van der Waals surface area contributed by atoms with Crippen molar-refractivity contribution in [2.75, 3.05) is 13.1 Å². The lowest BCUT2D eigenvalue weighted by atomic mass is 10.1. The van der Waals surface area contributed by atoms with Gasteiger partial charge in [0.05, 0.1) is 12.1 Å². The zero-order valence-electron chi connectivity index (χ0n) is 9.89. The molecular formula is C12H20N2O2. The fourth-order valence-electron chi connectivity index (χ4n) is 2.40. The SMILES string of the molecule is Cc1ccc(C(C(C)N)N2CCC(O)C2)o1. The van der Waals surface area contributed by atoms with Gasteiger partial charge in [-0.3, -0.25) is 4.90 Å². The Balaban J connectivity index is 2.17. The molecule has 90 valence electrons. The lowest BCUT2D eigenvalue weighted by Crippen LogP contribution is -2.38. The second-order valence-electron chi connectivity index (χ2n) is 4.69. The molecule has 0 radical (unpaired) electrons. The number of aliphatic hydroxyl groups excluding tert-OH is 1. The van der Waals surface area contributed by atoms with E-state index in [-0.39, 0.29) is 18.2 Å². The number of aliphatic hydroxyl groups is 1. The molecule has 1 aliphatic rings. The Kier molecular flexibility index (Phi) is 3.33. The van der Waals surface area contributed by atoms with Gasteiger partial charge in [0, 0.05) is 19.1 Å². The summed E-state index contributed by atoms with van der Waals surface area (Å²) in [7, 11) is 0. The lowest BCUT2D eigenvalue weighted by molar-refractivity contribution is 0.141. The second-order valence-corrected chi connectivity index (χ2v) is 4.69. The van der Waals surface area contributed by atoms with Gasteiger partial charge in [0.15, 0.2) is 0 Å². The maximum absolute atomic E-state index is 9.57. The Morgan fingerprint density at radius 3 is 2.75 bits per heavy atom. The summed E-state index contributed by atoms with van der Waals surface area (Å²) in [6.07, 6.45) is 0.598. The van der Waals surface area contributed by atoms with Crippen molar-refractivity contribution in [2.24, 2.45) is 5.73 Å². The van der Waals surface area contributed by atoms with E-state index in [0.29, 0.717) is 6.54 Å². The van der Waals surface area contributed by atoms with E-state index in [1.54, 1.807) is 0 Å². The summed E-state index contributed by atoms with van der Waals surface area (Å²) in [4.78, 5) is 2.20. The molecule has 0 spiro atoms. The third kappa shape index (κ3) is 2.29. The highest BCUT2D eigenvalue weighted by atomic mass is 16.3. The molecule has 0 aromatic carbocycles. The van der Waals surface area contributed by atoms with Crippen LogP contribution in [-0.4, -0.2) is 35.2 Å². The minimum absolute atomic E-state index is 0.00384. The van der Waals surface area contributed by atoms with Crippen molar-refractivity contribution in [2.45, 2.75) is 38.5 Å². The fourth-order valence-corrected chi connectivity index (χ4v) is 2.40.